The molecule has 3 aromatic rings. The minimum absolute atomic E-state index is 0.0224. The lowest BCUT2D eigenvalue weighted by Crippen LogP contribution is -2.27. The van der Waals surface area contributed by atoms with Gasteiger partial charge in [0.2, 0.25) is 5.91 Å². The van der Waals surface area contributed by atoms with E-state index in [0.717, 1.165) is 49.8 Å². The first-order valence-corrected chi connectivity index (χ1v) is 10.5. The predicted molar refractivity (Wildman–Crippen MR) is 108 cm³/mol. The van der Waals surface area contributed by atoms with E-state index in [9.17, 15) is 4.79 Å². The number of pyridine rings is 1. The second kappa shape index (κ2) is 9.07. The summed E-state index contributed by atoms with van der Waals surface area (Å²) in [4.78, 5) is 20.1. The van der Waals surface area contributed by atoms with Crippen LogP contribution in [0, 0.1) is 0 Å². The Morgan fingerprint density at radius 3 is 2.96 bits per heavy atom. The summed E-state index contributed by atoms with van der Waals surface area (Å²) in [5, 5.41) is 13.8. The number of rotatable bonds is 7. The number of aromatic nitrogens is 4. The minimum atomic E-state index is 0.0224. The van der Waals surface area contributed by atoms with Crippen molar-refractivity contribution in [2.24, 2.45) is 0 Å². The van der Waals surface area contributed by atoms with E-state index < -0.39 is 0 Å². The molecule has 0 radical (unpaired) electrons. The lowest BCUT2D eigenvalue weighted by atomic mass is 10.1. The molecule has 0 saturated heterocycles. The lowest BCUT2D eigenvalue weighted by molar-refractivity contribution is -0.121. The van der Waals surface area contributed by atoms with E-state index in [1.807, 2.05) is 12.1 Å². The van der Waals surface area contributed by atoms with Gasteiger partial charge in [-0.2, -0.15) is 0 Å². The lowest BCUT2D eigenvalue weighted by Gasteiger charge is -2.18. The minimum Gasteiger partial charge on any atom is -0.349 e. The van der Waals surface area contributed by atoms with Gasteiger partial charge in [0, 0.05) is 56.3 Å². The highest BCUT2D eigenvalue weighted by atomic mass is 32.1. The fourth-order valence-corrected chi connectivity index (χ4v) is 4.15. The Hall–Kier alpha value is -2.58. The number of carbonyl (C=O) groups excluding carboxylic acids is 1. The monoisotopic (exact) mass is 396 g/mol. The first kappa shape index (κ1) is 18.8. The number of fused-ring (bicyclic) bond motifs is 1. The molecule has 7 nitrogen and oxygen atoms in total. The molecule has 146 valence electrons. The summed E-state index contributed by atoms with van der Waals surface area (Å²) in [6, 6.07) is 8.16. The number of aryl methyl sites for hydroxylation is 1. The molecule has 1 aliphatic rings. The third-order valence-electron chi connectivity index (χ3n) is 4.96. The van der Waals surface area contributed by atoms with Crippen molar-refractivity contribution in [1.82, 2.24) is 30.0 Å². The van der Waals surface area contributed by atoms with Crippen LogP contribution in [0.25, 0.3) is 0 Å². The van der Waals surface area contributed by atoms with Crippen molar-refractivity contribution in [2.45, 2.75) is 38.9 Å². The molecule has 0 unspecified atom stereocenters. The Morgan fingerprint density at radius 1 is 1.18 bits per heavy atom. The molecule has 0 saturated carbocycles. The fraction of sp³-hybridized carbons (Fsp3) is 0.400. The first-order valence-electron chi connectivity index (χ1n) is 9.59. The van der Waals surface area contributed by atoms with Gasteiger partial charge < -0.3 is 9.88 Å². The Kier molecular flexibility index (Phi) is 6.08. The highest BCUT2D eigenvalue weighted by molar-refractivity contribution is 7.09. The van der Waals surface area contributed by atoms with Crippen molar-refractivity contribution in [2.75, 3.05) is 13.1 Å². The topological polar surface area (TPSA) is 75.9 Å². The van der Waals surface area contributed by atoms with Gasteiger partial charge in [0.25, 0.3) is 0 Å². The van der Waals surface area contributed by atoms with Crippen molar-refractivity contribution in [3.63, 3.8) is 0 Å². The van der Waals surface area contributed by atoms with Crippen molar-refractivity contribution in [3.8, 4) is 0 Å². The van der Waals surface area contributed by atoms with Crippen LogP contribution in [0.4, 0.5) is 0 Å². The van der Waals surface area contributed by atoms with Gasteiger partial charge in [-0.25, -0.2) is 0 Å². The number of nitrogens with one attached hydrogen (secondary N) is 1. The molecule has 1 aliphatic heterocycles. The average molecular weight is 397 g/mol. The fourth-order valence-electron chi connectivity index (χ4n) is 3.41. The van der Waals surface area contributed by atoms with Gasteiger partial charge in [-0.3, -0.25) is 14.7 Å². The molecule has 0 fully saturated rings. The third-order valence-corrected chi connectivity index (χ3v) is 5.82. The summed E-state index contributed by atoms with van der Waals surface area (Å²) in [5.74, 6) is 1.87. The summed E-state index contributed by atoms with van der Waals surface area (Å²) in [7, 11) is 0. The number of hydrogen-bond acceptors (Lipinski definition) is 6. The quantitative estimate of drug-likeness (QED) is 0.661. The molecule has 0 aromatic carbocycles. The molecular weight excluding hydrogens is 372 g/mol. The van der Waals surface area contributed by atoms with Crippen LogP contribution in [0.5, 0.6) is 0 Å². The number of nitrogens with zero attached hydrogens (tertiary/aromatic N) is 5. The Morgan fingerprint density at radius 2 is 2.14 bits per heavy atom. The molecule has 4 rings (SSSR count). The molecular formula is C20H24N6OS. The van der Waals surface area contributed by atoms with Gasteiger partial charge in [0.15, 0.2) is 5.82 Å². The van der Waals surface area contributed by atoms with Gasteiger partial charge in [0.1, 0.15) is 5.82 Å². The molecule has 4 heterocycles. The molecule has 0 atom stereocenters. The van der Waals surface area contributed by atoms with Crippen LogP contribution >= 0.6 is 11.3 Å². The Bertz CT molecular complexity index is 893. The Balaban J connectivity index is 1.28. The van der Waals surface area contributed by atoms with E-state index in [4.69, 9.17) is 0 Å². The number of amides is 1. The Labute approximate surface area is 168 Å². The van der Waals surface area contributed by atoms with E-state index in [-0.39, 0.29) is 5.91 Å². The van der Waals surface area contributed by atoms with Gasteiger partial charge >= 0.3 is 0 Å². The standard InChI is InChI=1S/C20H24N6OS/c27-20(6-5-16-3-1-8-21-13-16)22-14-19-24-23-18-7-9-25(10-11-26(18)19)15-17-4-2-12-28-17/h1-4,8,12-13H,5-7,9-11,14-15H2,(H,22,27). The normalized spacial score (nSPS) is 14.4. The zero-order chi connectivity index (χ0) is 19.2. The number of thiophene rings is 1. The molecule has 28 heavy (non-hydrogen) atoms. The largest absolute Gasteiger partial charge is 0.349 e. The van der Waals surface area contributed by atoms with Gasteiger partial charge in [-0.05, 0) is 29.5 Å². The smallest absolute Gasteiger partial charge is 0.220 e. The summed E-state index contributed by atoms with van der Waals surface area (Å²) >= 11 is 1.80. The molecule has 3 aromatic heterocycles. The van der Waals surface area contributed by atoms with E-state index in [0.29, 0.717) is 19.4 Å². The maximum Gasteiger partial charge on any atom is 0.220 e. The second-order valence-electron chi connectivity index (χ2n) is 6.93. The zero-order valence-electron chi connectivity index (χ0n) is 15.8. The molecule has 1 amide bonds. The maximum atomic E-state index is 12.2. The summed E-state index contributed by atoms with van der Waals surface area (Å²) in [6.45, 7) is 4.20. The highest BCUT2D eigenvalue weighted by Gasteiger charge is 2.19. The van der Waals surface area contributed by atoms with E-state index in [1.165, 1.54) is 4.88 Å². The average Bonchev–Trinajstić information content (AvgIpc) is 3.32. The van der Waals surface area contributed by atoms with Crippen LogP contribution in [0.1, 0.15) is 28.5 Å². The van der Waals surface area contributed by atoms with Crippen molar-refractivity contribution in [3.05, 3.63) is 64.1 Å². The van der Waals surface area contributed by atoms with Crippen LogP contribution < -0.4 is 5.32 Å². The van der Waals surface area contributed by atoms with Crippen LogP contribution in [-0.4, -0.2) is 43.6 Å². The predicted octanol–water partition coefficient (Wildman–Crippen LogP) is 2.04. The van der Waals surface area contributed by atoms with Crippen LogP contribution in [0.15, 0.2) is 42.0 Å². The third kappa shape index (κ3) is 4.82. The first-order chi connectivity index (χ1) is 13.8. The maximum absolute atomic E-state index is 12.2. The van der Waals surface area contributed by atoms with Crippen molar-refractivity contribution < 1.29 is 4.79 Å². The van der Waals surface area contributed by atoms with E-state index in [2.05, 4.69) is 47.5 Å². The highest BCUT2D eigenvalue weighted by Crippen LogP contribution is 2.15. The van der Waals surface area contributed by atoms with Gasteiger partial charge in [0.05, 0.1) is 6.54 Å². The SMILES string of the molecule is O=C(CCc1cccnc1)NCc1nnc2n1CCN(Cc1cccs1)CC2. The van der Waals surface area contributed by atoms with Crippen LogP contribution in [0.2, 0.25) is 0 Å². The molecule has 0 spiro atoms. The summed E-state index contributed by atoms with van der Waals surface area (Å²) in [6.07, 6.45) is 5.56. The summed E-state index contributed by atoms with van der Waals surface area (Å²) < 4.78 is 2.16. The van der Waals surface area contributed by atoms with Crippen molar-refractivity contribution >= 4 is 17.2 Å². The number of carbonyl (C=O) groups is 1. The van der Waals surface area contributed by atoms with Gasteiger partial charge in [-0.1, -0.05) is 12.1 Å². The molecule has 1 N–H and O–H groups in total. The van der Waals surface area contributed by atoms with Crippen LogP contribution in [0.3, 0.4) is 0 Å². The molecule has 8 heteroatoms. The van der Waals surface area contributed by atoms with Crippen molar-refractivity contribution in [1.29, 1.82) is 0 Å². The number of hydrogen-bond donors (Lipinski definition) is 1. The zero-order valence-corrected chi connectivity index (χ0v) is 16.6. The molecule has 0 bridgehead atoms. The van der Waals surface area contributed by atoms with Crippen LogP contribution in [-0.2, 0) is 37.3 Å². The summed E-state index contributed by atoms with van der Waals surface area (Å²) in [5.41, 5.74) is 1.07. The second-order valence-corrected chi connectivity index (χ2v) is 7.96. The molecule has 0 aliphatic carbocycles. The van der Waals surface area contributed by atoms with E-state index >= 15 is 0 Å². The van der Waals surface area contributed by atoms with Gasteiger partial charge in [-0.15, -0.1) is 21.5 Å². The van der Waals surface area contributed by atoms with E-state index in [1.54, 1.807) is 23.7 Å².